The Morgan fingerprint density at radius 2 is 2.05 bits per heavy atom. The van der Waals surface area contributed by atoms with Gasteiger partial charge in [-0.2, -0.15) is 0 Å². The molecule has 0 atom stereocenters. The SMILES string of the molecule is CCC(CC)(CC(=O)NCc1cccnc1)C(=O)O. The molecular weight excluding hydrogens is 244 g/mol. The first-order valence-corrected chi connectivity index (χ1v) is 6.43. The second-order valence-electron chi connectivity index (χ2n) is 4.61. The molecule has 0 unspecified atom stereocenters. The molecule has 0 aliphatic carbocycles. The molecule has 1 aromatic rings. The molecule has 5 heteroatoms. The van der Waals surface area contributed by atoms with Crippen LogP contribution in [0.2, 0.25) is 0 Å². The Hall–Kier alpha value is -1.91. The molecule has 0 fully saturated rings. The van der Waals surface area contributed by atoms with E-state index in [2.05, 4.69) is 10.3 Å². The van der Waals surface area contributed by atoms with Gasteiger partial charge in [-0.3, -0.25) is 14.6 Å². The van der Waals surface area contributed by atoms with Gasteiger partial charge in [0.25, 0.3) is 0 Å². The van der Waals surface area contributed by atoms with Gasteiger partial charge in [-0.05, 0) is 24.5 Å². The third-order valence-electron chi connectivity index (χ3n) is 3.52. The number of amides is 1. The van der Waals surface area contributed by atoms with Crippen LogP contribution >= 0.6 is 0 Å². The van der Waals surface area contributed by atoms with Crippen molar-refractivity contribution in [3.05, 3.63) is 30.1 Å². The van der Waals surface area contributed by atoms with E-state index in [9.17, 15) is 14.7 Å². The monoisotopic (exact) mass is 264 g/mol. The van der Waals surface area contributed by atoms with Crippen LogP contribution < -0.4 is 5.32 Å². The topological polar surface area (TPSA) is 79.3 Å². The van der Waals surface area contributed by atoms with Gasteiger partial charge < -0.3 is 10.4 Å². The van der Waals surface area contributed by atoms with Crippen LogP contribution in [0.3, 0.4) is 0 Å². The lowest BCUT2D eigenvalue weighted by Gasteiger charge is -2.25. The number of carboxylic acids is 1. The average molecular weight is 264 g/mol. The number of carboxylic acid groups (broad SMARTS) is 1. The number of hydrogen-bond acceptors (Lipinski definition) is 3. The van der Waals surface area contributed by atoms with Gasteiger partial charge in [-0.25, -0.2) is 0 Å². The number of hydrogen-bond donors (Lipinski definition) is 2. The zero-order valence-corrected chi connectivity index (χ0v) is 11.3. The van der Waals surface area contributed by atoms with Crippen molar-refractivity contribution in [3.8, 4) is 0 Å². The normalized spacial score (nSPS) is 11.1. The van der Waals surface area contributed by atoms with Crippen LogP contribution in [-0.2, 0) is 16.1 Å². The highest BCUT2D eigenvalue weighted by Crippen LogP contribution is 2.30. The first-order chi connectivity index (χ1) is 9.04. The number of rotatable bonds is 7. The van der Waals surface area contributed by atoms with Crippen molar-refractivity contribution in [1.82, 2.24) is 10.3 Å². The number of nitrogens with zero attached hydrogens (tertiary/aromatic N) is 1. The summed E-state index contributed by atoms with van der Waals surface area (Å²) in [6.45, 7) is 3.97. The third-order valence-corrected chi connectivity index (χ3v) is 3.52. The summed E-state index contributed by atoms with van der Waals surface area (Å²) in [5.41, 5.74) is -0.0660. The second-order valence-corrected chi connectivity index (χ2v) is 4.61. The maximum absolute atomic E-state index is 11.9. The van der Waals surface area contributed by atoms with Crippen molar-refractivity contribution >= 4 is 11.9 Å². The zero-order chi connectivity index (χ0) is 14.3. The Labute approximate surface area is 113 Å². The summed E-state index contributed by atoms with van der Waals surface area (Å²) in [6, 6.07) is 3.65. The molecule has 0 aliphatic rings. The summed E-state index contributed by atoms with van der Waals surface area (Å²) in [4.78, 5) is 27.1. The quantitative estimate of drug-likeness (QED) is 0.789. The van der Waals surface area contributed by atoms with Crippen molar-refractivity contribution < 1.29 is 14.7 Å². The number of nitrogens with one attached hydrogen (secondary N) is 1. The van der Waals surface area contributed by atoms with Crippen molar-refractivity contribution in [1.29, 1.82) is 0 Å². The van der Waals surface area contributed by atoms with Gasteiger partial charge in [-0.1, -0.05) is 19.9 Å². The lowest BCUT2D eigenvalue weighted by molar-refractivity contribution is -0.152. The summed E-state index contributed by atoms with van der Waals surface area (Å²) in [5, 5.41) is 12.0. The molecule has 1 aromatic heterocycles. The Morgan fingerprint density at radius 3 is 2.53 bits per heavy atom. The number of carbonyl (C=O) groups is 2. The minimum atomic E-state index is -0.959. The fourth-order valence-corrected chi connectivity index (χ4v) is 1.95. The first kappa shape index (κ1) is 15.1. The standard InChI is InChI=1S/C14H20N2O3/c1-3-14(4-2,13(18)19)8-12(17)16-10-11-6-5-7-15-9-11/h5-7,9H,3-4,8,10H2,1-2H3,(H,16,17)(H,18,19). The number of pyridine rings is 1. The fourth-order valence-electron chi connectivity index (χ4n) is 1.95. The zero-order valence-electron chi connectivity index (χ0n) is 11.3. The van der Waals surface area contributed by atoms with Crippen molar-refractivity contribution in [3.63, 3.8) is 0 Å². The molecule has 0 saturated heterocycles. The molecule has 0 bridgehead atoms. The molecule has 5 nitrogen and oxygen atoms in total. The van der Waals surface area contributed by atoms with Gasteiger partial charge in [0.05, 0.1) is 5.41 Å². The van der Waals surface area contributed by atoms with Gasteiger partial charge >= 0.3 is 5.97 Å². The lowest BCUT2D eigenvalue weighted by Crippen LogP contribution is -2.36. The van der Waals surface area contributed by atoms with E-state index in [-0.39, 0.29) is 12.3 Å². The van der Waals surface area contributed by atoms with Crippen LogP contribution in [0.4, 0.5) is 0 Å². The average Bonchev–Trinajstić information content (AvgIpc) is 2.43. The van der Waals surface area contributed by atoms with Crippen molar-refractivity contribution in [2.45, 2.75) is 39.7 Å². The van der Waals surface area contributed by atoms with E-state index in [1.54, 1.807) is 32.3 Å². The van der Waals surface area contributed by atoms with E-state index in [1.165, 1.54) is 0 Å². The Balaban J connectivity index is 2.57. The van der Waals surface area contributed by atoms with Gasteiger partial charge in [-0.15, -0.1) is 0 Å². The van der Waals surface area contributed by atoms with Crippen molar-refractivity contribution in [2.75, 3.05) is 0 Å². The minimum absolute atomic E-state index is 0.00952. The van der Waals surface area contributed by atoms with Crippen LogP contribution in [0.5, 0.6) is 0 Å². The summed E-state index contributed by atoms with van der Waals surface area (Å²) in [6.07, 6.45) is 4.23. The molecule has 1 amide bonds. The molecule has 104 valence electrons. The predicted octanol–water partition coefficient (Wildman–Crippen LogP) is 1.98. The highest BCUT2D eigenvalue weighted by Gasteiger charge is 2.36. The van der Waals surface area contributed by atoms with Crippen LogP contribution in [0.15, 0.2) is 24.5 Å². The molecule has 1 heterocycles. The molecule has 0 aromatic carbocycles. The maximum Gasteiger partial charge on any atom is 0.310 e. The van der Waals surface area contributed by atoms with Crippen LogP contribution in [-0.4, -0.2) is 22.0 Å². The van der Waals surface area contributed by atoms with Crippen LogP contribution in [0.1, 0.15) is 38.7 Å². The number of carbonyl (C=O) groups excluding carboxylic acids is 1. The van der Waals surface area contributed by atoms with Gasteiger partial charge in [0.1, 0.15) is 0 Å². The highest BCUT2D eigenvalue weighted by atomic mass is 16.4. The summed E-state index contributed by atoms with van der Waals surface area (Å²) < 4.78 is 0. The molecule has 0 aliphatic heterocycles. The van der Waals surface area contributed by atoms with Gasteiger partial charge in [0.2, 0.25) is 5.91 Å². The maximum atomic E-state index is 11.9. The Kier molecular flexibility index (Phi) is 5.48. The summed E-state index contributed by atoms with van der Waals surface area (Å²) >= 11 is 0. The van der Waals surface area contributed by atoms with E-state index in [0.717, 1.165) is 5.56 Å². The molecule has 0 radical (unpaired) electrons. The van der Waals surface area contributed by atoms with Crippen LogP contribution in [0.25, 0.3) is 0 Å². The lowest BCUT2D eigenvalue weighted by atomic mass is 9.79. The van der Waals surface area contributed by atoms with E-state index in [4.69, 9.17) is 0 Å². The van der Waals surface area contributed by atoms with Gasteiger partial charge in [0, 0.05) is 25.4 Å². The smallest absolute Gasteiger partial charge is 0.310 e. The predicted molar refractivity (Wildman–Crippen MR) is 71.4 cm³/mol. The molecule has 0 saturated carbocycles. The van der Waals surface area contributed by atoms with E-state index >= 15 is 0 Å². The Bertz CT molecular complexity index is 428. The number of aliphatic carboxylic acids is 1. The van der Waals surface area contributed by atoms with E-state index < -0.39 is 11.4 Å². The Morgan fingerprint density at radius 1 is 1.37 bits per heavy atom. The minimum Gasteiger partial charge on any atom is -0.481 e. The number of aromatic nitrogens is 1. The van der Waals surface area contributed by atoms with E-state index in [0.29, 0.717) is 19.4 Å². The molecule has 0 spiro atoms. The fraction of sp³-hybridized carbons (Fsp3) is 0.500. The summed E-state index contributed by atoms with van der Waals surface area (Å²) in [5.74, 6) is -1.15. The van der Waals surface area contributed by atoms with Gasteiger partial charge in [0.15, 0.2) is 0 Å². The molecule has 19 heavy (non-hydrogen) atoms. The highest BCUT2D eigenvalue weighted by molar-refractivity contribution is 5.84. The summed E-state index contributed by atoms with van der Waals surface area (Å²) in [7, 11) is 0. The first-order valence-electron chi connectivity index (χ1n) is 6.43. The molecule has 1 rings (SSSR count). The van der Waals surface area contributed by atoms with E-state index in [1.807, 2.05) is 6.07 Å². The molecule has 2 N–H and O–H groups in total. The molecular formula is C14H20N2O3. The third kappa shape index (κ3) is 4.05. The van der Waals surface area contributed by atoms with Crippen molar-refractivity contribution in [2.24, 2.45) is 5.41 Å². The largest absolute Gasteiger partial charge is 0.481 e. The second kappa shape index (κ2) is 6.87. The van der Waals surface area contributed by atoms with Crippen LogP contribution in [0, 0.1) is 5.41 Å².